The number of H-pyrrole nitrogens is 1. The van der Waals surface area contributed by atoms with E-state index in [1.165, 1.54) is 6.20 Å². The van der Waals surface area contributed by atoms with E-state index in [4.69, 9.17) is 0 Å². The van der Waals surface area contributed by atoms with Gasteiger partial charge >= 0.3 is 0 Å². The second-order valence-electron chi connectivity index (χ2n) is 4.47. The van der Waals surface area contributed by atoms with E-state index in [0.29, 0.717) is 10.1 Å². The summed E-state index contributed by atoms with van der Waals surface area (Å²) in [5.74, 6) is 0. The number of sulfone groups is 1. The van der Waals surface area contributed by atoms with E-state index in [1.807, 2.05) is 13.0 Å². The summed E-state index contributed by atoms with van der Waals surface area (Å²) < 4.78 is 25.8. The summed E-state index contributed by atoms with van der Waals surface area (Å²) >= 11 is 3.39. The number of pyridine rings is 1. The number of aromatic nitrogens is 2. The molecule has 0 saturated carbocycles. The van der Waals surface area contributed by atoms with Crippen molar-refractivity contribution >= 4 is 36.8 Å². The fourth-order valence-corrected chi connectivity index (χ4v) is 4.42. The van der Waals surface area contributed by atoms with Gasteiger partial charge in [-0.1, -0.05) is 18.2 Å². The lowest BCUT2D eigenvalue weighted by Gasteiger charge is -2.07. The largest absolute Gasteiger partial charge is 0.344 e. The number of halogens is 1. The predicted molar refractivity (Wildman–Crippen MR) is 80.4 cm³/mol. The second-order valence-corrected chi connectivity index (χ2v) is 7.18. The van der Waals surface area contributed by atoms with Crippen LogP contribution in [-0.2, 0) is 9.84 Å². The summed E-state index contributed by atoms with van der Waals surface area (Å²) in [5.41, 5.74) is 1.60. The smallest absolute Gasteiger partial charge is 0.209 e. The minimum Gasteiger partial charge on any atom is -0.344 e. The molecule has 2 aromatic heterocycles. The van der Waals surface area contributed by atoms with Crippen molar-refractivity contribution in [3.05, 3.63) is 52.8 Å². The maximum absolute atomic E-state index is 12.6. The Hall–Kier alpha value is -1.66. The Morgan fingerprint density at radius 3 is 2.60 bits per heavy atom. The zero-order valence-corrected chi connectivity index (χ0v) is 13.0. The molecule has 0 saturated heterocycles. The summed E-state index contributed by atoms with van der Waals surface area (Å²) in [4.78, 5) is 7.71. The van der Waals surface area contributed by atoms with Crippen LogP contribution in [-0.4, -0.2) is 18.4 Å². The molecule has 1 N–H and O–H groups in total. The Balaban J connectivity index is 2.27. The molecule has 3 rings (SSSR count). The van der Waals surface area contributed by atoms with Crippen molar-refractivity contribution in [1.29, 1.82) is 0 Å². The van der Waals surface area contributed by atoms with Crippen LogP contribution >= 0.6 is 15.9 Å². The lowest BCUT2D eigenvalue weighted by atomic mass is 10.3. The van der Waals surface area contributed by atoms with Crippen molar-refractivity contribution < 1.29 is 8.42 Å². The molecule has 4 nitrogen and oxygen atoms in total. The molecule has 0 aliphatic carbocycles. The van der Waals surface area contributed by atoms with Crippen LogP contribution in [0.4, 0.5) is 0 Å². The van der Waals surface area contributed by atoms with Crippen molar-refractivity contribution in [3.8, 4) is 0 Å². The molecule has 0 unspecified atom stereocenters. The molecule has 6 heteroatoms. The quantitative estimate of drug-likeness (QED) is 0.769. The van der Waals surface area contributed by atoms with Crippen LogP contribution in [0.2, 0.25) is 0 Å². The van der Waals surface area contributed by atoms with E-state index >= 15 is 0 Å². The first kappa shape index (κ1) is 13.3. The highest BCUT2D eigenvalue weighted by atomic mass is 79.9. The Morgan fingerprint density at radius 2 is 1.90 bits per heavy atom. The predicted octanol–water partition coefficient (Wildman–Crippen LogP) is 3.47. The lowest BCUT2D eigenvalue weighted by molar-refractivity contribution is 0.595. The number of benzene rings is 1. The molecule has 0 bridgehead atoms. The molecule has 102 valence electrons. The van der Waals surface area contributed by atoms with Crippen LogP contribution < -0.4 is 0 Å². The molecule has 0 spiro atoms. The van der Waals surface area contributed by atoms with Crippen molar-refractivity contribution in [1.82, 2.24) is 9.97 Å². The number of hydrogen-bond acceptors (Lipinski definition) is 3. The molecule has 0 radical (unpaired) electrons. The number of nitrogens with zero attached hydrogens (tertiary/aromatic N) is 1. The first-order valence-electron chi connectivity index (χ1n) is 5.94. The minimum atomic E-state index is -3.58. The Bertz CT molecular complexity index is 886. The fraction of sp³-hybridized carbons (Fsp3) is 0.0714. The molecule has 1 aromatic carbocycles. The number of aryl methyl sites for hydroxylation is 1. The van der Waals surface area contributed by atoms with Gasteiger partial charge in [0.05, 0.1) is 4.90 Å². The minimum absolute atomic E-state index is 0.176. The summed E-state index contributed by atoms with van der Waals surface area (Å²) in [6.45, 7) is 1.90. The SMILES string of the molecule is Cc1cc2c(Br)c(S(=O)(=O)c3ccccc3)cnc2[nH]1. The fourth-order valence-electron chi connectivity index (χ4n) is 2.07. The van der Waals surface area contributed by atoms with Crippen LogP contribution in [0.15, 0.2) is 56.9 Å². The van der Waals surface area contributed by atoms with Gasteiger partial charge in [-0.2, -0.15) is 0 Å². The standard InChI is InChI=1S/C14H11BrN2O2S/c1-9-7-11-13(15)12(8-16-14(11)17-9)20(18,19)10-5-3-2-4-6-10/h2-8H,1H3,(H,16,17). The van der Waals surface area contributed by atoms with Crippen LogP contribution in [0.1, 0.15) is 5.69 Å². The van der Waals surface area contributed by atoms with Crippen LogP contribution in [0, 0.1) is 6.92 Å². The summed E-state index contributed by atoms with van der Waals surface area (Å²) in [5, 5.41) is 0.763. The highest BCUT2D eigenvalue weighted by Crippen LogP contribution is 2.32. The molecule has 0 amide bonds. The molecule has 20 heavy (non-hydrogen) atoms. The number of nitrogens with one attached hydrogen (secondary N) is 1. The van der Waals surface area contributed by atoms with Gasteiger partial charge in [-0.05, 0) is 41.1 Å². The van der Waals surface area contributed by atoms with Crippen LogP contribution in [0.5, 0.6) is 0 Å². The van der Waals surface area contributed by atoms with Gasteiger partial charge in [0, 0.05) is 21.7 Å². The zero-order chi connectivity index (χ0) is 14.3. The molecule has 0 aliphatic rings. The highest BCUT2D eigenvalue weighted by Gasteiger charge is 2.22. The highest BCUT2D eigenvalue weighted by molar-refractivity contribution is 9.10. The van der Waals surface area contributed by atoms with Crippen LogP contribution in [0.25, 0.3) is 11.0 Å². The van der Waals surface area contributed by atoms with Crippen molar-refractivity contribution in [2.45, 2.75) is 16.7 Å². The van der Waals surface area contributed by atoms with Gasteiger partial charge in [0.15, 0.2) is 0 Å². The van der Waals surface area contributed by atoms with E-state index < -0.39 is 9.84 Å². The lowest BCUT2D eigenvalue weighted by Crippen LogP contribution is -2.03. The Labute approximate surface area is 124 Å². The first-order chi connectivity index (χ1) is 9.50. The average molecular weight is 351 g/mol. The van der Waals surface area contributed by atoms with E-state index in [-0.39, 0.29) is 9.79 Å². The number of rotatable bonds is 2. The summed E-state index contributed by atoms with van der Waals surface area (Å²) in [7, 11) is -3.58. The van der Waals surface area contributed by atoms with Crippen molar-refractivity contribution in [3.63, 3.8) is 0 Å². The van der Waals surface area contributed by atoms with Gasteiger partial charge in [-0.3, -0.25) is 0 Å². The third-order valence-electron chi connectivity index (χ3n) is 3.04. The second kappa shape index (κ2) is 4.71. The molecular weight excluding hydrogens is 340 g/mol. The van der Waals surface area contributed by atoms with Gasteiger partial charge in [0.1, 0.15) is 10.5 Å². The molecule has 0 fully saturated rings. The van der Waals surface area contributed by atoms with Gasteiger partial charge in [0.25, 0.3) is 0 Å². The topological polar surface area (TPSA) is 62.8 Å². The number of aromatic amines is 1. The number of fused-ring (bicyclic) bond motifs is 1. The number of hydrogen-bond donors (Lipinski definition) is 1. The van der Waals surface area contributed by atoms with Gasteiger partial charge in [-0.25, -0.2) is 13.4 Å². The van der Waals surface area contributed by atoms with E-state index in [1.54, 1.807) is 30.3 Å². The summed E-state index contributed by atoms with van der Waals surface area (Å²) in [6, 6.07) is 10.2. The third-order valence-corrected chi connectivity index (χ3v) is 5.94. The Morgan fingerprint density at radius 1 is 1.20 bits per heavy atom. The third kappa shape index (κ3) is 2.05. The zero-order valence-electron chi connectivity index (χ0n) is 10.6. The molecule has 2 heterocycles. The van der Waals surface area contributed by atoms with Gasteiger partial charge in [0.2, 0.25) is 9.84 Å². The first-order valence-corrected chi connectivity index (χ1v) is 8.22. The van der Waals surface area contributed by atoms with E-state index in [9.17, 15) is 8.42 Å². The maximum Gasteiger partial charge on any atom is 0.209 e. The van der Waals surface area contributed by atoms with E-state index in [0.717, 1.165) is 11.1 Å². The van der Waals surface area contributed by atoms with Crippen LogP contribution in [0.3, 0.4) is 0 Å². The van der Waals surface area contributed by atoms with E-state index in [2.05, 4.69) is 25.9 Å². The molecule has 0 aliphatic heterocycles. The molecular formula is C14H11BrN2O2S. The monoisotopic (exact) mass is 350 g/mol. The molecule has 0 atom stereocenters. The summed E-state index contributed by atoms with van der Waals surface area (Å²) in [6.07, 6.45) is 1.38. The average Bonchev–Trinajstić information content (AvgIpc) is 2.81. The molecule has 3 aromatic rings. The normalized spacial score (nSPS) is 11.9. The van der Waals surface area contributed by atoms with Gasteiger partial charge < -0.3 is 4.98 Å². The van der Waals surface area contributed by atoms with Crippen molar-refractivity contribution in [2.75, 3.05) is 0 Å². The van der Waals surface area contributed by atoms with Gasteiger partial charge in [-0.15, -0.1) is 0 Å². The maximum atomic E-state index is 12.6. The Kier molecular flexibility index (Phi) is 3.14. The van der Waals surface area contributed by atoms with Crippen molar-refractivity contribution in [2.24, 2.45) is 0 Å².